The van der Waals surface area contributed by atoms with Gasteiger partial charge in [-0.25, -0.2) is 0 Å². The number of hydrogen-bond donors (Lipinski definition) is 2. The van der Waals surface area contributed by atoms with Crippen LogP contribution < -0.4 is 10.6 Å². The van der Waals surface area contributed by atoms with Crippen LogP contribution in [0.25, 0.3) is 0 Å². The lowest BCUT2D eigenvalue weighted by atomic mass is 10.0. The van der Waals surface area contributed by atoms with Crippen molar-refractivity contribution in [2.24, 2.45) is 0 Å². The zero-order chi connectivity index (χ0) is 12.8. The average molecular weight is 229 g/mol. The van der Waals surface area contributed by atoms with E-state index in [1.807, 2.05) is 27.7 Å². The molecule has 0 saturated heterocycles. The fourth-order valence-corrected chi connectivity index (χ4v) is 1.49. The zero-order valence-corrected chi connectivity index (χ0v) is 10.9. The van der Waals surface area contributed by atoms with Gasteiger partial charge < -0.3 is 15.5 Å². The van der Waals surface area contributed by atoms with Crippen molar-refractivity contribution in [3.8, 4) is 0 Å². The monoisotopic (exact) mass is 229 g/mol. The quantitative estimate of drug-likeness (QED) is 0.672. The van der Waals surface area contributed by atoms with Crippen molar-refractivity contribution < 1.29 is 9.59 Å². The fourth-order valence-electron chi connectivity index (χ4n) is 1.49. The predicted octanol–water partition coefficient (Wildman–Crippen LogP) is -0.0310. The van der Waals surface area contributed by atoms with Crippen molar-refractivity contribution in [2.45, 2.75) is 33.2 Å². The summed E-state index contributed by atoms with van der Waals surface area (Å²) in [6.45, 7) is 8.82. The summed E-state index contributed by atoms with van der Waals surface area (Å²) in [5.41, 5.74) is -0.626. The molecule has 0 heterocycles. The van der Waals surface area contributed by atoms with Gasteiger partial charge in [0.2, 0.25) is 11.8 Å². The van der Waals surface area contributed by atoms with E-state index in [0.717, 1.165) is 6.54 Å². The van der Waals surface area contributed by atoms with Crippen LogP contribution in [0.2, 0.25) is 0 Å². The zero-order valence-electron chi connectivity index (χ0n) is 10.9. The molecule has 0 spiro atoms. The summed E-state index contributed by atoms with van der Waals surface area (Å²) in [4.78, 5) is 24.9. The molecule has 0 atom stereocenters. The summed E-state index contributed by atoms with van der Waals surface area (Å²) in [5, 5.41) is 5.62. The van der Waals surface area contributed by atoms with E-state index in [0.29, 0.717) is 6.54 Å². The van der Waals surface area contributed by atoms with E-state index >= 15 is 0 Å². The van der Waals surface area contributed by atoms with Crippen LogP contribution in [0.4, 0.5) is 0 Å². The normalized spacial score (nSPS) is 11.1. The molecule has 5 nitrogen and oxygen atoms in total. The summed E-state index contributed by atoms with van der Waals surface area (Å²) in [6, 6.07) is 0. The molecule has 0 aromatic carbocycles. The first-order valence-corrected chi connectivity index (χ1v) is 5.64. The van der Waals surface area contributed by atoms with Gasteiger partial charge in [-0.05, 0) is 27.3 Å². The molecule has 2 N–H and O–H groups in total. The summed E-state index contributed by atoms with van der Waals surface area (Å²) >= 11 is 0. The van der Waals surface area contributed by atoms with Crippen LogP contribution in [0.1, 0.15) is 27.7 Å². The van der Waals surface area contributed by atoms with E-state index in [2.05, 4.69) is 10.6 Å². The molecule has 16 heavy (non-hydrogen) atoms. The maximum atomic E-state index is 12.1. The first-order chi connectivity index (χ1) is 7.38. The fraction of sp³-hybridized carbons (Fsp3) is 0.818. The molecular formula is C11H23N3O2. The second-order valence-electron chi connectivity index (χ2n) is 4.15. The topological polar surface area (TPSA) is 61.4 Å². The Labute approximate surface area is 97.6 Å². The van der Waals surface area contributed by atoms with Gasteiger partial charge in [-0.3, -0.25) is 9.59 Å². The lowest BCUT2D eigenvalue weighted by Crippen LogP contribution is -2.55. The molecule has 0 bridgehead atoms. The van der Waals surface area contributed by atoms with Crippen molar-refractivity contribution in [1.82, 2.24) is 15.5 Å². The lowest BCUT2D eigenvalue weighted by molar-refractivity contribution is -0.140. The summed E-state index contributed by atoms with van der Waals surface area (Å²) in [7, 11) is 1.57. The minimum absolute atomic E-state index is 0.0551. The standard InChI is InChI=1S/C11H23N3O2/c1-6-13-11(3,4)10(16)14(7-2)8-9(15)12-5/h13H,6-8H2,1-5H3,(H,12,15). The third kappa shape index (κ3) is 4.18. The van der Waals surface area contributed by atoms with Crippen molar-refractivity contribution in [3.63, 3.8) is 0 Å². The number of nitrogens with one attached hydrogen (secondary N) is 2. The van der Waals surface area contributed by atoms with E-state index in [1.165, 1.54) is 0 Å². The van der Waals surface area contributed by atoms with Crippen LogP contribution in [0.3, 0.4) is 0 Å². The Morgan fingerprint density at radius 2 is 1.81 bits per heavy atom. The summed E-state index contributed by atoms with van der Waals surface area (Å²) in [5.74, 6) is -0.206. The Morgan fingerprint density at radius 1 is 1.25 bits per heavy atom. The molecule has 0 aliphatic carbocycles. The minimum Gasteiger partial charge on any atom is -0.358 e. The van der Waals surface area contributed by atoms with Crippen molar-refractivity contribution >= 4 is 11.8 Å². The van der Waals surface area contributed by atoms with Gasteiger partial charge in [0.15, 0.2) is 0 Å². The van der Waals surface area contributed by atoms with Crippen LogP contribution >= 0.6 is 0 Å². The highest BCUT2D eigenvalue weighted by atomic mass is 16.2. The molecule has 94 valence electrons. The van der Waals surface area contributed by atoms with Gasteiger partial charge in [0.05, 0.1) is 12.1 Å². The largest absolute Gasteiger partial charge is 0.358 e. The Kier molecular flexibility index (Phi) is 6.03. The molecule has 0 aromatic heterocycles. The highest BCUT2D eigenvalue weighted by Gasteiger charge is 2.30. The van der Waals surface area contributed by atoms with E-state index in [1.54, 1.807) is 11.9 Å². The van der Waals surface area contributed by atoms with Crippen LogP contribution in [0, 0.1) is 0 Å². The van der Waals surface area contributed by atoms with Crippen LogP contribution in [0.5, 0.6) is 0 Å². The van der Waals surface area contributed by atoms with Gasteiger partial charge in [-0.15, -0.1) is 0 Å². The van der Waals surface area contributed by atoms with Crippen molar-refractivity contribution in [3.05, 3.63) is 0 Å². The number of amides is 2. The van der Waals surface area contributed by atoms with E-state index in [4.69, 9.17) is 0 Å². The van der Waals surface area contributed by atoms with E-state index < -0.39 is 5.54 Å². The SMILES string of the molecule is CCNC(C)(C)C(=O)N(CC)CC(=O)NC. The second kappa shape index (κ2) is 6.48. The number of rotatable bonds is 6. The number of carbonyl (C=O) groups is 2. The van der Waals surface area contributed by atoms with Gasteiger partial charge in [0, 0.05) is 13.6 Å². The van der Waals surface area contributed by atoms with Crippen molar-refractivity contribution in [1.29, 1.82) is 0 Å². The van der Waals surface area contributed by atoms with Gasteiger partial charge in [-0.2, -0.15) is 0 Å². The smallest absolute Gasteiger partial charge is 0.242 e. The Morgan fingerprint density at radius 3 is 2.19 bits per heavy atom. The maximum Gasteiger partial charge on any atom is 0.242 e. The predicted molar refractivity (Wildman–Crippen MR) is 64.1 cm³/mol. The number of carbonyl (C=O) groups excluding carboxylic acids is 2. The molecule has 0 radical (unpaired) electrons. The molecule has 2 amide bonds. The first kappa shape index (κ1) is 14.9. The third-order valence-electron chi connectivity index (χ3n) is 2.44. The van der Waals surface area contributed by atoms with Gasteiger partial charge >= 0.3 is 0 Å². The maximum absolute atomic E-state index is 12.1. The van der Waals surface area contributed by atoms with Crippen molar-refractivity contribution in [2.75, 3.05) is 26.7 Å². The summed E-state index contributed by atoms with van der Waals surface area (Å²) in [6.07, 6.45) is 0. The molecule has 0 unspecified atom stereocenters. The first-order valence-electron chi connectivity index (χ1n) is 5.64. The molecule has 0 aliphatic heterocycles. The third-order valence-corrected chi connectivity index (χ3v) is 2.44. The number of likely N-dealkylation sites (N-methyl/N-ethyl adjacent to an activating group) is 3. The number of nitrogens with zero attached hydrogens (tertiary/aromatic N) is 1. The Hall–Kier alpha value is -1.10. The minimum atomic E-state index is -0.626. The molecule has 0 fully saturated rings. The second-order valence-corrected chi connectivity index (χ2v) is 4.15. The molecular weight excluding hydrogens is 206 g/mol. The number of hydrogen-bond acceptors (Lipinski definition) is 3. The summed E-state index contributed by atoms with van der Waals surface area (Å²) < 4.78 is 0. The van der Waals surface area contributed by atoms with Gasteiger partial charge in [-0.1, -0.05) is 6.92 Å². The van der Waals surface area contributed by atoms with E-state index in [9.17, 15) is 9.59 Å². The van der Waals surface area contributed by atoms with Gasteiger partial charge in [0.25, 0.3) is 0 Å². The highest BCUT2D eigenvalue weighted by Crippen LogP contribution is 2.07. The van der Waals surface area contributed by atoms with Crippen LogP contribution in [-0.4, -0.2) is 48.9 Å². The molecule has 0 aliphatic rings. The molecule has 5 heteroatoms. The lowest BCUT2D eigenvalue weighted by Gasteiger charge is -2.31. The van der Waals surface area contributed by atoms with Gasteiger partial charge in [0.1, 0.15) is 0 Å². The highest BCUT2D eigenvalue weighted by molar-refractivity contribution is 5.89. The molecule has 0 rings (SSSR count). The van der Waals surface area contributed by atoms with Crippen LogP contribution in [0.15, 0.2) is 0 Å². The Bertz CT molecular complexity index is 252. The van der Waals surface area contributed by atoms with E-state index in [-0.39, 0.29) is 18.4 Å². The molecule has 0 saturated carbocycles. The average Bonchev–Trinajstić information content (AvgIpc) is 2.24. The van der Waals surface area contributed by atoms with Crippen LogP contribution in [-0.2, 0) is 9.59 Å². The molecule has 0 aromatic rings. The Balaban J connectivity index is 4.58.